The Bertz CT molecular complexity index is 800. The fraction of sp³-hybridized carbons (Fsp3) is 0.647. The molecule has 2 fully saturated rings. The lowest BCUT2D eigenvalue weighted by molar-refractivity contribution is -0.142. The smallest absolute Gasteiger partial charge is 0.254 e. The number of likely N-dealkylation sites (tertiary alicyclic amines) is 1. The molecule has 9 nitrogen and oxygen atoms in total. The van der Waals surface area contributed by atoms with Crippen molar-refractivity contribution in [3.05, 3.63) is 18.1 Å². The van der Waals surface area contributed by atoms with Gasteiger partial charge >= 0.3 is 0 Å². The number of carbonyl (C=O) groups excluding carboxylic acids is 1. The van der Waals surface area contributed by atoms with Crippen molar-refractivity contribution in [2.75, 3.05) is 51.2 Å². The third kappa shape index (κ3) is 3.12. The number of fused-ring (bicyclic) bond motifs is 1. The van der Waals surface area contributed by atoms with Crippen LogP contribution >= 0.6 is 0 Å². The lowest BCUT2D eigenvalue weighted by atomic mass is 9.93. The zero-order chi connectivity index (χ0) is 18.3. The number of hydrogen-bond donors (Lipinski definition) is 1. The highest BCUT2D eigenvalue weighted by Gasteiger charge is 2.35. The molecule has 140 valence electrons. The van der Waals surface area contributed by atoms with Crippen LogP contribution in [0.15, 0.2) is 12.4 Å². The molecule has 0 bridgehead atoms. The minimum absolute atomic E-state index is 0.0699. The lowest BCUT2D eigenvalue weighted by Crippen LogP contribution is -2.55. The van der Waals surface area contributed by atoms with Gasteiger partial charge in [-0.25, -0.2) is 4.98 Å². The summed E-state index contributed by atoms with van der Waals surface area (Å²) < 4.78 is 1.74. The predicted molar refractivity (Wildman–Crippen MR) is 95.9 cm³/mol. The molecule has 2 aliphatic heterocycles. The Balaban J connectivity index is 1.45. The Morgan fingerprint density at radius 1 is 1.23 bits per heavy atom. The fourth-order valence-electron chi connectivity index (χ4n) is 3.87. The average Bonchev–Trinajstić information content (AvgIpc) is 3.11. The van der Waals surface area contributed by atoms with Gasteiger partial charge in [-0.3, -0.25) is 4.79 Å². The maximum absolute atomic E-state index is 12.9. The molecule has 0 aliphatic carbocycles. The van der Waals surface area contributed by atoms with E-state index in [1.807, 2.05) is 24.9 Å². The molecule has 2 aromatic rings. The first-order chi connectivity index (χ1) is 12.5. The molecule has 2 aromatic heterocycles. The molecular weight excluding hydrogens is 334 g/mol. The van der Waals surface area contributed by atoms with Crippen LogP contribution in [0.5, 0.6) is 0 Å². The number of aromatic nitrogens is 4. The van der Waals surface area contributed by atoms with Crippen LogP contribution in [-0.2, 0) is 4.79 Å². The maximum Gasteiger partial charge on any atom is 0.254 e. The Kier molecular flexibility index (Phi) is 4.49. The van der Waals surface area contributed by atoms with Crippen LogP contribution in [0, 0.1) is 12.8 Å². The second-order valence-electron chi connectivity index (χ2n) is 7.26. The Morgan fingerprint density at radius 2 is 2.00 bits per heavy atom. The molecule has 4 heterocycles. The van der Waals surface area contributed by atoms with E-state index in [1.165, 1.54) is 6.33 Å². The summed E-state index contributed by atoms with van der Waals surface area (Å²) in [5, 5.41) is 14.5. The Hall–Kier alpha value is -2.26. The molecule has 0 unspecified atom stereocenters. The van der Waals surface area contributed by atoms with Gasteiger partial charge in [0.15, 0.2) is 0 Å². The second-order valence-corrected chi connectivity index (χ2v) is 7.26. The monoisotopic (exact) mass is 359 g/mol. The van der Waals surface area contributed by atoms with Crippen molar-refractivity contribution in [1.82, 2.24) is 29.4 Å². The van der Waals surface area contributed by atoms with Crippen LogP contribution < -0.4 is 4.90 Å². The van der Waals surface area contributed by atoms with Gasteiger partial charge in [-0.2, -0.15) is 14.6 Å². The minimum Gasteiger partial charge on any atom is -0.392 e. The summed E-state index contributed by atoms with van der Waals surface area (Å²) in [7, 11) is 2.00. The first-order valence-corrected chi connectivity index (χ1v) is 9.10. The quantitative estimate of drug-likeness (QED) is 0.765. The van der Waals surface area contributed by atoms with Crippen molar-refractivity contribution in [3.63, 3.8) is 0 Å². The van der Waals surface area contributed by atoms with Crippen molar-refractivity contribution in [1.29, 1.82) is 0 Å². The van der Waals surface area contributed by atoms with E-state index in [1.54, 1.807) is 4.52 Å². The van der Waals surface area contributed by atoms with Gasteiger partial charge in [0, 0.05) is 51.0 Å². The van der Waals surface area contributed by atoms with Gasteiger partial charge < -0.3 is 19.8 Å². The number of aliphatic hydroxyl groups is 1. The van der Waals surface area contributed by atoms with Crippen molar-refractivity contribution in [2.24, 2.45) is 5.92 Å². The van der Waals surface area contributed by atoms with Crippen LogP contribution in [0.2, 0.25) is 0 Å². The van der Waals surface area contributed by atoms with E-state index in [4.69, 9.17) is 0 Å². The number of piperidine rings is 1. The van der Waals surface area contributed by atoms with Crippen LogP contribution in [0.4, 0.5) is 5.82 Å². The van der Waals surface area contributed by atoms with Crippen molar-refractivity contribution in [3.8, 4) is 0 Å². The van der Waals surface area contributed by atoms with Gasteiger partial charge in [0.25, 0.3) is 5.78 Å². The molecule has 2 aliphatic rings. The van der Waals surface area contributed by atoms with E-state index in [0.29, 0.717) is 31.8 Å². The number of nitrogens with zero attached hydrogens (tertiary/aromatic N) is 7. The van der Waals surface area contributed by atoms with Crippen molar-refractivity contribution < 1.29 is 9.90 Å². The molecule has 4 rings (SSSR count). The zero-order valence-corrected chi connectivity index (χ0v) is 15.2. The Morgan fingerprint density at radius 3 is 2.77 bits per heavy atom. The largest absolute Gasteiger partial charge is 0.392 e. The van der Waals surface area contributed by atoms with Gasteiger partial charge in [0.1, 0.15) is 12.1 Å². The molecule has 0 radical (unpaired) electrons. The summed E-state index contributed by atoms with van der Waals surface area (Å²) >= 11 is 0. The number of hydrogen-bond acceptors (Lipinski definition) is 7. The molecule has 2 saturated heterocycles. The first-order valence-electron chi connectivity index (χ1n) is 9.10. The van der Waals surface area contributed by atoms with Crippen LogP contribution in [0.25, 0.3) is 5.78 Å². The molecule has 26 heavy (non-hydrogen) atoms. The van der Waals surface area contributed by atoms with E-state index in [-0.39, 0.29) is 11.8 Å². The standard InChI is InChI=1S/C17H25N7O2/c1-12-9-15(24-17(20-12)18-11-19-24)22-5-7-23(8-6-22)16(26)13-10-21(2)4-3-14(13)25/h9,11,13-14,25H,3-8,10H2,1-2H3/t13-,14+/m1/s1. The summed E-state index contributed by atoms with van der Waals surface area (Å²) in [4.78, 5) is 27.6. The van der Waals surface area contributed by atoms with E-state index in [9.17, 15) is 9.90 Å². The third-order valence-electron chi connectivity index (χ3n) is 5.37. The summed E-state index contributed by atoms with van der Waals surface area (Å²) in [5.74, 6) is 1.30. The van der Waals surface area contributed by atoms with Gasteiger partial charge in [-0.05, 0) is 20.4 Å². The van der Waals surface area contributed by atoms with E-state index < -0.39 is 6.10 Å². The number of anilines is 1. The minimum atomic E-state index is -0.533. The van der Waals surface area contributed by atoms with E-state index in [0.717, 1.165) is 31.1 Å². The van der Waals surface area contributed by atoms with Crippen LogP contribution in [-0.4, -0.2) is 92.8 Å². The summed E-state index contributed by atoms with van der Waals surface area (Å²) in [5.41, 5.74) is 0.896. The molecule has 0 saturated carbocycles. The summed E-state index contributed by atoms with van der Waals surface area (Å²) in [6, 6.07) is 2.00. The topological polar surface area (TPSA) is 90.1 Å². The number of carbonyl (C=O) groups is 1. The van der Waals surface area contributed by atoms with Gasteiger partial charge in [0.05, 0.1) is 12.0 Å². The molecule has 1 amide bonds. The fourth-order valence-corrected chi connectivity index (χ4v) is 3.87. The highest BCUT2D eigenvalue weighted by molar-refractivity contribution is 5.80. The van der Waals surface area contributed by atoms with Crippen LogP contribution in [0.1, 0.15) is 12.1 Å². The first kappa shape index (κ1) is 17.2. The van der Waals surface area contributed by atoms with Crippen LogP contribution in [0.3, 0.4) is 0 Å². The number of amides is 1. The third-order valence-corrected chi connectivity index (χ3v) is 5.37. The van der Waals surface area contributed by atoms with E-state index in [2.05, 4.69) is 24.9 Å². The average molecular weight is 359 g/mol. The number of piperazine rings is 1. The predicted octanol–water partition coefficient (Wildman–Crippen LogP) is -0.606. The van der Waals surface area contributed by atoms with Gasteiger partial charge in [0.2, 0.25) is 5.91 Å². The summed E-state index contributed by atoms with van der Waals surface area (Å²) in [6.07, 6.45) is 1.63. The zero-order valence-electron chi connectivity index (χ0n) is 15.2. The van der Waals surface area contributed by atoms with Gasteiger partial charge in [-0.15, -0.1) is 0 Å². The highest BCUT2D eigenvalue weighted by Crippen LogP contribution is 2.22. The summed E-state index contributed by atoms with van der Waals surface area (Å²) in [6.45, 7) is 6.15. The van der Waals surface area contributed by atoms with E-state index >= 15 is 0 Å². The van der Waals surface area contributed by atoms with Gasteiger partial charge in [-0.1, -0.05) is 0 Å². The molecule has 9 heteroatoms. The molecule has 1 N–H and O–H groups in total. The number of rotatable bonds is 2. The highest BCUT2D eigenvalue weighted by atomic mass is 16.3. The Labute approximate surface area is 152 Å². The van der Waals surface area contributed by atoms with Crippen molar-refractivity contribution >= 4 is 17.5 Å². The lowest BCUT2D eigenvalue weighted by Gasteiger charge is -2.40. The molecule has 0 spiro atoms. The normalized spacial score (nSPS) is 25.0. The number of aliphatic hydroxyl groups excluding tert-OH is 1. The molecule has 0 aromatic carbocycles. The SMILES string of the molecule is Cc1cc(N2CCN(C(=O)[C@@H]3CN(C)CC[C@@H]3O)CC2)n2ncnc2n1. The maximum atomic E-state index is 12.9. The van der Waals surface area contributed by atoms with Crippen molar-refractivity contribution in [2.45, 2.75) is 19.4 Å². The molecule has 2 atom stereocenters. The second kappa shape index (κ2) is 6.81. The number of aryl methyl sites for hydroxylation is 1. The molecular formula is C17H25N7O2.